The van der Waals surface area contributed by atoms with Crippen molar-refractivity contribution < 1.29 is 4.84 Å². The third kappa shape index (κ3) is 1.34. The molecule has 1 saturated heterocycles. The van der Waals surface area contributed by atoms with E-state index in [0.29, 0.717) is 6.10 Å². The van der Waals surface area contributed by atoms with Crippen molar-refractivity contribution in [1.82, 2.24) is 5.32 Å². The molecule has 0 aromatic heterocycles. The van der Waals surface area contributed by atoms with Gasteiger partial charge in [0.05, 0.1) is 5.71 Å². The Kier molecular flexibility index (Phi) is 2.24. The summed E-state index contributed by atoms with van der Waals surface area (Å²) >= 11 is 0. The highest BCUT2D eigenvalue weighted by Crippen LogP contribution is 2.50. The molecule has 1 saturated carbocycles. The normalized spacial score (nSPS) is 46.1. The van der Waals surface area contributed by atoms with Crippen LogP contribution in [0.25, 0.3) is 0 Å². The highest BCUT2D eigenvalue weighted by atomic mass is 35.5. The Morgan fingerprint density at radius 2 is 2.08 bits per heavy atom. The summed E-state index contributed by atoms with van der Waals surface area (Å²) in [6.45, 7) is 4.48. The van der Waals surface area contributed by atoms with Gasteiger partial charge in [0.25, 0.3) is 0 Å². The molecule has 3 unspecified atom stereocenters. The van der Waals surface area contributed by atoms with Gasteiger partial charge in [-0.15, -0.1) is 12.4 Å². The zero-order chi connectivity index (χ0) is 8.13. The van der Waals surface area contributed by atoms with Gasteiger partial charge in [0.1, 0.15) is 6.10 Å². The van der Waals surface area contributed by atoms with Gasteiger partial charge in [-0.3, -0.25) is 0 Å². The highest BCUT2D eigenvalue weighted by molar-refractivity contribution is 5.90. The van der Waals surface area contributed by atoms with Crippen LogP contribution in [0.2, 0.25) is 0 Å². The summed E-state index contributed by atoms with van der Waals surface area (Å²) in [6, 6.07) is 0. The van der Waals surface area contributed by atoms with Gasteiger partial charge in [-0.1, -0.05) is 5.16 Å². The van der Waals surface area contributed by atoms with E-state index in [1.54, 1.807) is 0 Å². The molecule has 3 nitrogen and oxygen atoms in total. The number of oxime groups is 1. The summed E-state index contributed by atoms with van der Waals surface area (Å²) in [5.41, 5.74) is 1.33. The maximum atomic E-state index is 5.20. The first-order valence-electron chi connectivity index (χ1n) is 4.79. The van der Waals surface area contributed by atoms with E-state index in [2.05, 4.69) is 17.4 Å². The standard InChI is InChI=1S/C9H14N2O.ClH/c1-5-2-8(11-12-5)9-6-3-10-4-7(6)9;/h5-7,9-10H,2-4H2,1H3;1H. The van der Waals surface area contributed by atoms with E-state index in [9.17, 15) is 0 Å². The Morgan fingerprint density at radius 1 is 1.38 bits per heavy atom. The number of piperidine rings is 1. The van der Waals surface area contributed by atoms with Crippen molar-refractivity contribution in [3.05, 3.63) is 0 Å². The first kappa shape index (κ1) is 9.28. The molecule has 0 spiro atoms. The minimum Gasteiger partial charge on any atom is -0.392 e. The van der Waals surface area contributed by atoms with Gasteiger partial charge in [-0.05, 0) is 31.8 Å². The Labute approximate surface area is 84.3 Å². The van der Waals surface area contributed by atoms with E-state index < -0.39 is 0 Å². The van der Waals surface area contributed by atoms with Crippen molar-refractivity contribution >= 4 is 18.1 Å². The molecule has 0 amide bonds. The van der Waals surface area contributed by atoms with Crippen LogP contribution in [0.4, 0.5) is 0 Å². The molecule has 1 aliphatic carbocycles. The lowest BCUT2D eigenvalue weighted by molar-refractivity contribution is 0.0995. The minimum absolute atomic E-state index is 0. The molecule has 3 atom stereocenters. The average Bonchev–Trinajstić information content (AvgIpc) is 2.55. The van der Waals surface area contributed by atoms with E-state index in [0.717, 1.165) is 24.2 Å². The molecule has 0 radical (unpaired) electrons. The van der Waals surface area contributed by atoms with Crippen LogP contribution >= 0.6 is 12.4 Å². The van der Waals surface area contributed by atoms with E-state index in [4.69, 9.17) is 4.84 Å². The van der Waals surface area contributed by atoms with Gasteiger partial charge in [-0.25, -0.2) is 0 Å². The summed E-state index contributed by atoms with van der Waals surface area (Å²) in [7, 11) is 0. The smallest absolute Gasteiger partial charge is 0.130 e. The number of halogens is 1. The quantitative estimate of drug-likeness (QED) is 0.690. The second kappa shape index (κ2) is 3.14. The third-order valence-corrected chi connectivity index (χ3v) is 3.32. The van der Waals surface area contributed by atoms with Crippen molar-refractivity contribution in [3.63, 3.8) is 0 Å². The summed E-state index contributed by atoms with van der Waals surface area (Å²) in [4.78, 5) is 5.20. The van der Waals surface area contributed by atoms with E-state index in [1.807, 2.05) is 0 Å². The Morgan fingerprint density at radius 3 is 2.62 bits per heavy atom. The number of fused-ring (bicyclic) bond motifs is 1. The topological polar surface area (TPSA) is 33.6 Å². The van der Waals surface area contributed by atoms with E-state index in [1.165, 1.54) is 18.8 Å². The van der Waals surface area contributed by atoms with Crippen LogP contribution in [0.3, 0.4) is 0 Å². The zero-order valence-corrected chi connectivity index (χ0v) is 8.51. The lowest BCUT2D eigenvalue weighted by Gasteiger charge is -2.01. The minimum atomic E-state index is 0. The van der Waals surface area contributed by atoms with Crippen LogP contribution in [-0.4, -0.2) is 24.9 Å². The number of nitrogens with zero attached hydrogens (tertiary/aromatic N) is 1. The molecular weight excluding hydrogens is 188 g/mol. The molecule has 3 rings (SSSR count). The fourth-order valence-corrected chi connectivity index (χ4v) is 2.64. The predicted octanol–water partition coefficient (Wildman–Crippen LogP) is 1.04. The van der Waals surface area contributed by atoms with Crippen LogP contribution in [0.15, 0.2) is 5.16 Å². The van der Waals surface area contributed by atoms with Crippen molar-refractivity contribution in [3.8, 4) is 0 Å². The fraction of sp³-hybridized carbons (Fsp3) is 0.889. The van der Waals surface area contributed by atoms with Crippen LogP contribution in [0.5, 0.6) is 0 Å². The van der Waals surface area contributed by atoms with Crippen LogP contribution in [-0.2, 0) is 4.84 Å². The van der Waals surface area contributed by atoms with Crippen LogP contribution in [0.1, 0.15) is 13.3 Å². The Hall–Kier alpha value is -0.280. The second-order valence-corrected chi connectivity index (χ2v) is 4.21. The maximum absolute atomic E-state index is 5.20. The van der Waals surface area contributed by atoms with Crippen molar-refractivity contribution in [2.24, 2.45) is 22.9 Å². The summed E-state index contributed by atoms with van der Waals surface area (Å²) in [6.07, 6.45) is 1.40. The molecule has 2 aliphatic heterocycles. The molecule has 4 heteroatoms. The zero-order valence-electron chi connectivity index (χ0n) is 7.69. The Bertz CT molecular complexity index is 234. The SMILES string of the molecule is CC1CC(C2C3CNCC32)=NO1.Cl. The number of rotatable bonds is 1. The lowest BCUT2D eigenvalue weighted by Crippen LogP contribution is -2.18. The van der Waals surface area contributed by atoms with Gasteiger partial charge in [-0.2, -0.15) is 0 Å². The molecule has 2 fully saturated rings. The first-order valence-corrected chi connectivity index (χ1v) is 4.79. The average molecular weight is 203 g/mol. The fourth-order valence-electron chi connectivity index (χ4n) is 2.64. The van der Waals surface area contributed by atoms with Crippen LogP contribution in [0, 0.1) is 17.8 Å². The van der Waals surface area contributed by atoms with Crippen molar-refractivity contribution in [2.45, 2.75) is 19.4 Å². The molecule has 3 aliphatic rings. The van der Waals surface area contributed by atoms with Gasteiger partial charge < -0.3 is 10.2 Å². The van der Waals surface area contributed by atoms with Gasteiger partial charge in [0.2, 0.25) is 0 Å². The molecule has 13 heavy (non-hydrogen) atoms. The monoisotopic (exact) mass is 202 g/mol. The van der Waals surface area contributed by atoms with Crippen molar-refractivity contribution in [2.75, 3.05) is 13.1 Å². The molecule has 0 aromatic rings. The predicted molar refractivity (Wildman–Crippen MR) is 53.2 cm³/mol. The van der Waals surface area contributed by atoms with Crippen LogP contribution < -0.4 is 5.32 Å². The van der Waals surface area contributed by atoms with E-state index >= 15 is 0 Å². The molecule has 2 heterocycles. The Balaban J connectivity index is 0.000000653. The molecule has 74 valence electrons. The number of nitrogens with one attached hydrogen (secondary N) is 1. The molecule has 0 aromatic carbocycles. The van der Waals surface area contributed by atoms with Gasteiger partial charge in [0.15, 0.2) is 0 Å². The highest BCUT2D eigenvalue weighted by Gasteiger charge is 2.56. The van der Waals surface area contributed by atoms with Gasteiger partial charge >= 0.3 is 0 Å². The molecule has 0 bridgehead atoms. The lowest BCUT2D eigenvalue weighted by atomic mass is 10.1. The molecular formula is C9H15ClN2O. The third-order valence-electron chi connectivity index (χ3n) is 3.32. The number of hydrogen-bond donors (Lipinski definition) is 1. The molecule has 1 N–H and O–H groups in total. The first-order chi connectivity index (χ1) is 5.86. The van der Waals surface area contributed by atoms with Gasteiger partial charge in [0, 0.05) is 12.3 Å². The summed E-state index contributed by atoms with van der Waals surface area (Å²) in [5, 5.41) is 7.54. The van der Waals surface area contributed by atoms with Crippen molar-refractivity contribution in [1.29, 1.82) is 0 Å². The van der Waals surface area contributed by atoms with E-state index in [-0.39, 0.29) is 12.4 Å². The second-order valence-electron chi connectivity index (χ2n) is 4.21. The number of hydrogen-bond acceptors (Lipinski definition) is 3. The largest absolute Gasteiger partial charge is 0.392 e. The summed E-state index contributed by atoms with van der Waals surface area (Å²) in [5.74, 6) is 2.55. The summed E-state index contributed by atoms with van der Waals surface area (Å²) < 4.78 is 0. The maximum Gasteiger partial charge on any atom is 0.130 e.